The van der Waals surface area contributed by atoms with Gasteiger partial charge in [-0.3, -0.25) is 0 Å². The first kappa shape index (κ1) is 19.6. The maximum atomic E-state index is 12.3. The normalized spacial score (nSPS) is 11.0. The predicted octanol–water partition coefficient (Wildman–Crippen LogP) is 4.19. The minimum Gasteiger partial charge on any atom is -0.490 e. The smallest absolute Gasteiger partial charge is 0.422 e. The van der Waals surface area contributed by atoms with Crippen LogP contribution in [0.4, 0.5) is 13.2 Å². The highest BCUT2D eigenvalue weighted by Gasteiger charge is 2.29. The number of nitrogens with zero attached hydrogens (tertiary/aromatic N) is 1. The lowest BCUT2D eigenvalue weighted by Crippen LogP contribution is -2.19. The fourth-order valence-corrected chi connectivity index (χ4v) is 2.31. The van der Waals surface area contributed by atoms with Crippen molar-refractivity contribution in [3.05, 3.63) is 59.2 Å². The standard InChI is InChI=1S/C19H19F3N2O2/c1-2-25-18-9-16(6-7-17(18)26-13-19(20,21)22)12-24-11-15-5-3-4-14(8-15)10-23/h3-9,24H,2,11-13H2,1H3. The first-order chi connectivity index (χ1) is 12.4. The van der Waals surface area contributed by atoms with Crippen LogP contribution in [0.15, 0.2) is 42.5 Å². The second-order valence-electron chi connectivity index (χ2n) is 5.53. The lowest BCUT2D eigenvalue weighted by molar-refractivity contribution is -0.153. The molecule has 0 fully saturated rings. The van der Waals surface area contributed by atoms with E-state index in [1.807, 2.05) is 12.1 Å². The minimum atomic E-state index is -4.40. The van der Waals surface area contributed by atoms with Gasteiger partial charge in [-0.25, -0.2) is 0 Å². The number of rotatable bonds is 8. The molecule has 138 valence electrons. The summed E-state index contributed by atoms with van der Waals surface area (Å²) in [7, 11) is 0. The highest BCUT2D eigenvalue weighted by molar-refractivity contribution is 5.43. The molecule has 0 saturated heterocycles. The van der Waals surface area contributed by atoms with Gasteiger partial charge in [0.2, 0.25) is 0 Å². The van der Waals surface area contributed by atoms with Gasteiger partial charge in [0.15, 0.2) is 18.1 Å². The van der Waals surface area contributed by atoms with Crippen LogP contribution in [0.25, 0.3) is 0 Å². The minimum absolute atomic E-state index is 0.0645. The van der Waals surface area contributed by atoms with Crippen molar-refractivity contribution in [2.45, 2.75) is 26.2 Å². The molecule has 0 aliphatic heterocycles. The maximum absolute atomic E-state index is 12.3. The summed E-state index contributed by atoms with van der Waals surface area (Å²) in [6.07, 6.45) is -4.40. The third-order valence-electron chi connectivity index (χ3n) is 3.41. The molecular formula is C19H19F3N2O2. The third kappa shape index (κ3) is 6.30. The summed E-state index contributed by atoms with van der Waals surface area (Å²) >= 11 is 0. The second kappa shape index (κ2) is 9.11. The van der Waals surface area contributed by atoms with E-state index in [2.05, 4.69) is 11.4 Å². The van der Waals surface area contributed by atoms with Gasteiger partial charge in [0, 0.05) is 13.1 Å². The number of hydrogen-bond donors (Lipinski definition) is 1. The lowest BCUT2D eigenvalue weighted by atomic mass is 10.1. The van der Waals surface area contributed by atoms with Crippen molar-refractivity contribution < 1.29 is 22.6 Å². The van der Waals surface area contributed by atoms with Gasteiger partial charge in [0.25, 0.3) is 0 Å². The van der Waals surface area contributed by atoms with Gasteiger partial charge in [-0.2, -0.15) is 18.4 Å². The predicted molar refractivity (Wildman–Crippen MR) is 90.9 cm³/mol. The molecule has 0 unspecified atom stereocenters. The third-order valence-corrected chi connectivity index (χ3v) is 3.41. The molecule has 4 nitrogen and oxygen atoms in total. The van der Waals surface area contributed by atoms with Crippen molar-refractivity contribution in [3.63, 3.8) is 0 Å². The number of nitrogens with one attached hydrogen (secondary N) is 1. The molecule has 0 saturated carbocycles. The Balaban J connectivity index is 1.98. The van der Waals surface area contributed by atoms with Crippen LogP contribution in [0, 0.1) is 11.3 Å². The number of nitriles is 1. The first-order valence-electron chi connectivity index (χ1n) is 8.06. The van der Waals surface area contributed by atoms with E-state index in [0.29, 0.717) is 25.3 Å². The van der Waals surface area contributed by atoms with E-state index in [-0.39, 0.29) is 11.5 Å². The second-order valence-corrected chi connectivity index (χ2v) is 5.53. The molecule has 2 rings (SSSR count). The van der Waals surface area contributed by atoms with Crippen LogP contribution in [0.2, 0.25) is 0 Å². The molecule has 2 aromatic carbocycles. The molecule has 0 aliphatic carbocycles. The van der Waals surface area contributed by atoms with E-state index in [1.54, 1.807) is 31.2 Å². The highest BCUT2D eigenvalue weighted by Crippen LogP contribution is 2.30. The molecule has 26 heavy (non-hydrogen) atoms. The molecule has 2 aromatic rings. The largest absolute Gasteiger partial charge is 0.490 e. The van der Waals surface area contributed by atoms with E-state index in [0.717, 1.165) is 11.1 Å². The Labute approximate surface area is 150 Å². The molecule has 1 N–H and O–H groups in total. The van der Waals surface area contributed by atoms with Gasteiger partial charge in [0.05, 0.1) is 18.2 Å². The van der Waals surface area contributed by atoms with E-state index in [1.165, 1.54) is 6.07 Å². The fraction of sp³-hybridized carbons (Fsp3) is 0.316. The number of halogens is 3. The molecule has 0 spiro atoms. The molecule has 0 radical (unpaired) electrons. The van der Waals surface area contributed by atoms with Crippen LogP contribution in [-0.4, -0.2) is 19.4 Å². The Morgan fingerprint density at radius 3 is 2.38 bits per heavy atom. The van der Waals surface area contributed by atoms with Crippen LogP contribution >= 0.6 is 0 Å². The molecule has 0 bridgehead atoms. The quantitative estimate of drug-likeness (QED) is 0.763. The number of alkyl halides is 3. The van der Waals surface area contributed by atoms with Gasteiger partial charge in [-0.05, 0) is 42.3 Å². The van der Waals surface area contributed by atoms with Gasteiger partial charge in [-0.15, -0.1) is 0 Å². The Hall–Kier alpha value is -2.72. The Kier molecular flexibility index (Phi) is 6.87. The molecule has 7 heteroatoms. The van der Waals surface area contributed by atoms with E-state index < -0.39 is 12.8 Å². The van der Waals surface area contributed by atoms with Crippen LogP contribution in [0.3, 0.4) is 0 Å². The molecule has 0 atom stereocenters. The Bertz CT molecular complexity index is 770. The van der Waals surface area contributed by atoms with E-state index in [4.69, 9.17) is 14.7 Å². The summed E-state index contributed by atoms with van der Waals surface area (Å²) in [5.74, 6) is 0.345. The molecule has 0 aliphatic rings. The molecule has 0 heterocycles. The van der Waals surface area contributed by atoms with Gasteiger partial charge < -0.3 is 14.8 Å². The van der Waals surface area contributed by atoms with E-state index in [9.17, 15) is 13.2 Å². The maximum Gasteiger partial charge on any atom is 0.422 e. The summed E-state index contributed by atoms with van der Waals surface area (Å²) in [6, 6.07) is 14.2. The SMILES string of the molecule is CCOc1cc(CNCc2cccc(C#N)c2)ccc1OCC(F)(F)F. The summed E-state index contributed by atoms with van der Waals surface area (Å²) in [5, 5.41) is 12.1. The van der Waals surface area contributed by atoms with Gasteiger partial charge in [0.1, 0.15) is 0 Å². The van der Waals surface area contributed by atoms with Crippen molar-refractivity contribution in [2.75, 3.05) is 13.2 Å². The van der Waals surface area contributed by atoms with Crippen molar-refractivity contribution >= 4 is 0 Å². The average Bonchev–Trinajstić information content (AvgIpc) is 2.61. The summed E-state index contributed by atoms with van der Waals surface area (Å²) in [6.45, 7) is 1.77. The summed E-state index contributed by atoms with van der Waals surface area (Å²) in [5.41, 5.74) is 2.41. The Morgan fingerprint density at radius 2 is 1.73 bits per heavy atom. The zero-order valence-electron chi connectivity index (χ0n) is 14.3. The van der Waals surface area contributed by atoms with Crippen molar-refractivity contribution in [1.29, 1.82) is 5.26 Å². The highest BCUT2D eigenvalue weighted by atomic mass is 19.4. The van der Waals surface area contributed by atoms with Crippen LogP contribution in [0.1, 0.15) is 23.6 Å². The van der Waals surface area contributed by atoms with Crippen LogP contribution in [0.5, 0.6) is 11.5 Å². The molecular weight excluding hydrogens is 345 g/mol. The molecule has 0 aromatic heterocycles. The van der Waals surface area contributed by atoms with Crippen molar-refractivity contribution in [1.82, 2.24) is 5.32 Å². The first-order valence-corrected chi connectivity index (χ1v) is 8.06. The monoisotopic (exact) mass is 364 g/mol. The summed E-state index contributed by atoms with van der Waals surface area (Å²) < 4.78 is 47.2. The molecule has 0 amide bonds. The van der Waals surface area contributed by atoms with Crippen LogP contribution < -0.4 is 14.8 Å². The average molecular weight is 364 g/mol. The fourth-order valence-electron chi connectivity index (χ4n) is 2.31. The number of ether oxygens (including phenoxy) is 2. The Morgan fingerprint density at radius 1 is 1.00 bits per heavy atom. The van der Waals surface area contributed by atoms with Gasteiger partial charge in [-0.1, -0.05) is 18.2 Å². The summed E-state index contributed by atoms with van der Waals surface area (Å²) in [4.78, 5) is 0. The van der Waals surface area contributed by atoms with Gasteiger partial charge >= 0.3 is 6.18 Å². The van der Waals surface area contributed by atoms with E-state index >= 15 is 0 Å². The lowest BCUT2D eigenvalue weighted by Gasteiger charge is -2.15. The van der Waals surface area contributed by atoms with Crippen molar-refractivity contribution in [2.24, 2.45) is 0 Å². The number of benzene rings is 2. The zero-order valence-corrected chi connectivity index (χ0v) is 14.3. The van der Waals surface area contributed by atoms with Crippen molar-refractivity contribution in [3.8, 4) is 17.6 Å². The zero-order chi connectivity index (χ0) is 19.0. The number of hydrogen-bond acceptors (Lipinski definition) is 4. The van der Waals surface area contributed by atoms with Crippen LogP contribution in [-0.2, 0) is 13.1 Å². The topological polar surface area (TPSA) is 54.3 Å².